The van der Waals surface area contributed by atoms with Gasteiger partial charge in [-0.15, -0.1) is 0 Å². The van der Waals surface area contributed by atoms with Crippen molar-refractivity contribution in [2.75, 3.05) is 19.7 Å². The lowest BCUT2D eigenvalue weighted by atomic mass is 9.92. The highest BCUT2D eigenvalue weighted by Crippen LogP contribution is 2.22. The van der Waals surface area contributed by atoms with E-state index in [1.54, 1.807) is 4.90 Å². The van der Waals surface area contributed by atoms with Crippen LogP contribution in [0.1, 0.15) is 25.3 Å². The highest BCUT2D eigenvalue weighted by Gasteiger charge is 2.29. The van der Waals surface area contributed by atoms with Crippen LogP contribution < -0.4 is 0 Å². The van der Waals surface area contributed by atoms with E-state index in [1.807, 2.05) is 37.3 Å². The summed E-state index contributed by atoms with van der Waals surface area (Å²) in [5.74, 6) is 0.0500. The minimum Gasteiger partial charge on any atom is -0.491 e. The van der Waals surface area contributed by atoms with Crippen molar-refractivity contribution >= 4 is 11.9 Å². The molecule has 124 valence electrons. The first kappa shape index (κ1) is 17.1. The molecule has 0 aliphatic carbocycles. The Kier molecular flexibility index (Phi) is 6.20. The van der Waals surface area contributed by atoms with E-state index in [4.69, 9.17) is 9.47 Å². The molecule has 0 bridgehead atoms. The predicted molar refractivity (Wildman–Crippen MR) is 86.7 cm³/mol. The zero-order valence-corrected chi connectivity index (χ0v) is 13.5. The number of nitrogens with zero attached hydrogens (tertiary/aromatic N) is 1. The van der Waals surface area contributed by atoms with Crippen LogP contribution in [-0.4, -0.2) is 36.5 Å². The number of Topliss-reactive ketones (excluding diaryl/α,β-unsaturated/α-hetero) is 1. The van der Waals surface area contributed by atoms with E-state index < -0.39 is 0 Å². The zero-order chi connectivity index (χ0) is 16.7. The molecular formula is C18H23NO4. The number of amides is 1. The molecule has 0 N–H and O–H groups in total. The molecule has 1 aliphatic rings. The SMILES string of the molecule is C=C(OCC)C(=O)C1CCN(C(=O)OCc2ccccc2)CC1. The molecule has 1 aromatic carbocycles. The number of piperidine rings is 1. The van der Waals surface area contributed by atoms with Gasteiger partial charge in [0.1, 0.15) is 6.61 Å². The molecule has 5 nitrogen and oxygen atoms in total. The molecule has 1 amide bonds. The molecule has 0 atom stereocenters. The summed E-state index contributed by atoms with van der Waals surface area (Å²) in [5, 5.41) is 0. The second kappa shape index (κ2) is 8.36. The fourth-order valence-electron chi connectivity index (χ4n) is 2.61. The second-order valence-electron chi connectivity index (χ2n) is 5.52. The number of allylic oxidation sites excluding steroid dienone is 1. The van der Waals surface area contributed by atoms with Gasteiger partial charge in [0.15, 0.2) is 11.5 Å². The van der Waals surface area contributed by atoms with Crippen LogP contribution in [0.4, 0.5) is 4.79 Å². The molecule has 1 aromatic rings. The Morgan fingerprint density at radius 2 is 1.83 bits per heavy atom. The third-order valence-corrected chi connectivity index (χ3v) is 3.92. The summed E-state index contributed by atoms with van der Waals surface area (Å²) in [6, 6.07) is 9.56. The lowest BCUT2D eigenvalue weighted by molar-refractivity contribution is -0.123. The topological polar surface area (TPSA) is 55.8 Å². The van der Waals surface area contributed by atoms with Crippen LogP contribution in [0.15, 0.2) is 42.7 Å². The lowest BCUT2D eigenvalue weighted by Crippen LogP contribution is -2.40. The van der Waals surface area contributed by atoms with Gasteiger partial charge in [0.05, 0.1) is 6.61 Å². The van der Waals surface area contributed by atoms with Crippen molar-refractivity contribution in [2.24, 2.45) is 5.92 Å². The highest BCUT2D eigenvalue weighted by atomic mass is 16.6. The first-order valence-electron chi connectivity index (χ1n) is 7.93. The molecule has 0 aromatic heterocycles. The Balaban J connectivity index is 1.76. The summed E-state index contributed by atoms with van der Waals surface area (Å²) in [4.78, 5) is 25.8. The fourth-order valence-corrected chi connectivity index (χ4v) is 2.61. The van der Waals surface area contributed by atoms with Crippen LogP contribution in [0.25, 0.3) is 0 Å². The van der Waals surface area contributed by atoms with E-state index in [1.165, 1.54) is 0 Å². The third-order valence-electron chi connectivity index (χ3n) is 3.92. The van der Waals surface area contributed by atoms with Crippen molar-refractivity contribution in [1.82, 2.24) is 4.90 Å². The number of likely N-dealkylation sites (tertiary alicyclic amines) is 1. The molecule has 0 unspecified atom stereocenters. The van der Waals surface area contributed by atoms with Gasteiger partial charge >= 0.3 is 6.09 Å². The summed E-state index contributed by atoms with van der Waals surface area (Å²) < 4.78 is 10.5. The van der Waals surface area contributed by atoms with Gasteiger partial charge in [-0.05, 0) is 25.3 Å². The average Bonchev–Trinajstić information content (AvgIpc) is 2.60. The Labute approximate surface area is 136 Å². The maximum absolute atomic E-state index is 12.1. The van der Waals surface area contributed by atoms with Crippen molar-refractivity contribution in [2.45, 2.75) is 26.4 Å². The van der Waals surface area contributed by atoms with Gasteiger partial charge in [-0.2, -0.15) is 0 Å². The molecule has 0 saturated carbocycles. The number of ether oxygens (including phenoxy) is 2. The third kappa shape index (κ3) is 4.84. The van der Waals surface area contributed by atoms with Crippen molar-refractivity contribution in [1.29, 1.82) is 0 Å². The first-order valence-corrected chi connectivity index (χ1v) is 7.93. The summed E-state index contributed by atoms with van der Waals surface area (Å²) in [7, 11) is 0. The standard InChI is InChI=1S/C18H23NO4/c1-3-22-14(2)17(20)16-9-11-19(12-10-16)18(21)23-13-15-7-5-4-6-8-15/h4-8,16H,2-3,9-13H2,1H3. The number of benzene rings is 1. The molecule has 5 heteroatoms. The van der Waals surface area contributed by atoms with Crippen LogP contribution in [-0.2, 0) is 20.9 Å². The van der Waals surface area contributed by atoms with Gasteiger partial charge < -0.3 is 14.4 Å². The molecule has 1 saturated heterocycles. The maximum atomic E-state index is 12.1. The summed E-state index contributed by atoms with van der Waals surface area (Å²) in [6.07, 6.45) is 0.903. The number of ketones is 1. The fraction of sp³-hybridized carbons (Fsp3) is 0.444. The van der Waals surface area contributed by atoms with Gasteiger partial charge in [0.25, 0.3) is 0 Å². The van der Waals surface area contributed by atoms with Gasteiger partial charge in [-0.1, -0.05) is 36.9 Å². The molecule has 2 rings (SSSR count). The Morgan fingerprint density at radius 3 is 2.43 bits per heavy atom. The van der Waals surface area contributed by atoms with Gasteiger partial charge in [-0.25, -0.2) is 4.79 Å². The predicted octanol–water partition coefficient (Wildman–Crippen LogP) is 3.15. The van der Waals surface area contributed by atoms with Gasteiger partial charge in [0.2, 0.25) is 0 Å². The Hall–Kier alpha value is -2.30. The molecule has 1 aliphatic heterocycles. The Bertz CT molecular complexity index is 547. The number of carbonyl (C=O) groups excluding carboxylic acids is 2. The van der Waals surface area contributed by atoms with E-state index >= 15 is 0 Å². The molecule has 1 fully saturated rings. The van der Waals surface area contributed by atoms with Crippen molar-refractivity contribution in [3.63, 3.8) is 0 Å². The monoisotopic (exact) mass is 317 g/mol. The van der Waals surface area contributed by atoms with Crippen molar-refractivity contribution < 1.29 is 19.1 Å². The van der Waals surface area contributed by atoms with Gasteiger partial charge in [0, 0.05) is 19.0 Å². The molecule has 23 heavy (non-hydrogen) atoms. The summed E-state index contributed by atoms with van der Waals surface area (Å²) in [6.45, 7) is 7.22. The minimum absolute atomic E-state index is 0.0517. The van der Waals surface area contributed by atoms with Crippen LogP contribution >= 0.6 is 0 Å². The number of carbonyl (C=O) groups is 2. The largest absolute Gasteiger partial charge is 0.491 e. The zero-order valence-electron chi connectivity index (χ0n) is 13.5. The Morgan fingerprint density at radius 1 is 1.17 bits per heavy atom. The van der Waals surface area contributed by atoms with Gasteiger partial charge in [-0.3, -0.25) is 4.79 Å². The summed E-state index contributed by atoms with van der Waals surface area (Å²) >= 11 is 0. The molecule has 0 spiro atoms. The maximum Gasteiger partial charge on any atom is 0.410 e. The van der Waals surface area contributed by atoms with Crippen LogP contribution in [0.5, 0.6) is 0 Å². The lowest BCUT2D eigenvalue weighted by Gasteiger charge is -2.30. The number of hydrogen-bond donors (Lipinski definition) is 0. The van der Waals surface area contributed by atoms with E-state index in [-0.39, 0.29) is 30.2 Å². The minimum atomic E-state index is -0.330. The van der Waals surface area contributed by atoms with Crippen molar-refractivity contribution in [3.8, 4) is 0 Å². The quantitative estimate of drug-likeness (QED) is 0.597. The molecule has 1 heterocycles. The second-order valence-corrected chi connectivity index (χ2v) is 5.52. The normalized spacial score (nSPS) is 15.1. The molecule has 0 radical (unpaired) electrons. The van der Waals surface area contributed by atoms with Crippen LogP contribution in [0.3, 0.4) is 0 Å². The van der Waals surface area contributed by atoms with E-state index in [9.17, 15) is 9.59 Å². The van der Waals surface area contributed by atoms with Crippen LogP contribution in [0, 0.1) is 5.92 Å². The highest BCUT2D eigenvalue weighted by molar-refractivity contribution is 5.94. The van der Waals surface area contributed by atoms with Crippen LogP contribution in [0.2, 0.25) is 0 Å². The first-order chi connectivity index (χ1) is 11.1. The smallest absolute Gasteiger partial charge is 0.410 e. The molecular weight excluding hydrogens is 294 g/mol. The summed E-state index contributed by atoms with van der Waals surface area (Å²) in [5.41, 5.74) is 0.957. The average molecular weight is 317 g/mol. The number of rotatable bonds is 6. The van der Waals surface area contributed by atoms with E-state index in [2.05, 4.69) is 6.58 Å². The van der Waals surface area contributed by atoms with E-state index in [0.29, 0.717) is 32.5 Å². The van der Waals surface area contributed by atoms with E-state index in [0.717, 1.165) is 5.56 Å². The number of hydrogen-bond acceptors (Lipinski definition) is 4. The van der Waals surface area contributed by atoms with Crippen molar-refractivity contribution in [3.05, 3.63) is 48.2 Å².